The Morgan fingerprint density at radius 3 is 2.07 bits per heavy atom. The number of aromatic nitrogens is 3. The van der Waals surface area contributed by atoms with Crippen molar-refractivity contribution in [2.75, 3.05) is 11.4 Å². The monoisotopic (exact) mass is 678 g/mol. The Hall–Kier alpha value is -3.62. The molecule has 1 aromatic carbocycles. The highest BCUT2D eigenvalue weighted by atomic mass is 35.5. The van der Waals surface area contributed by atoms with Crippen LogP contribution >= 0.6 is 11.6 Å². The molecule has 46 heavy (non-hydrogen) atoms. The second-order valence-corrected chi connectivity index (χ2v) is 13.0. The number of hydrogen-bond acceptors (Lipinski definition) is 7. The number of amides is 1. The van der Waals surface area contributed by atoms with E-state index in [1.807, 2.05) is 0 Å². The average Bonchev–Trinajstić information content (AvgIpc) is 3.48. The van der Waals surface area contributed by atoms with Crippen LogP contribution in [-0.4, -0.2) is 45.1 Å². The van der Waals surface area contributed by atoms with Gasteiger partial charge in [-0.2, -0.15) is 26.9 Å². The molecule has 0 saturated heterocycles. The molecule has 0 unspecified atom stereocenters. The summed E-state index contributed by atoms with van der Waals surface area (Å²) in [6.45, 7) is 2.12. The number of anilines is 1. The van der Waals surface area contributed by atoms with E-state index in [2.05, 4.69) is 19.9 Å². The fourth-order valence-corrected chi connectivity index (χ4v) is 6.04. The fourth-order valence-electron chi connectivity index (χ4n) is 5.95. The molecule has 0 atom stereocenters. The van der Waals surface area contributed by atoms with E-state index in [9.17, 15) is 35.5 Å². The zero-order valence-corrected chi connectivity index (χ0v) is 25.7. The number of fused-ring (bicyclic) bond motifs is 3. The van der Waals surface area contributed by atoms with E-state index in [1.54, 1.807) is 6.07 Å². The quantitative estimate of drug-likeness (QED) is 0.165. The molecule has 0 aliphatic heterocycles. The van der Waals surface area contributed by atoms with Crippen LogP contribution in [0.25, 0.3) is 11.1 Å². The van der Waals surface area contributed by atoms with E-state index in [0.29, 0.717) is 56.6 Å². The third-order valence-electron chi connectivity index (χ3n) is 8.86. The van der Waals surface area contributed by atoms with Crippen LogP contribution in [0.15, 0.2) is 47.1 Å². The molecule has 8 nitrogen and oxygen atoms in total. The van der Waals surface area contributed by atoms with Gasteiger partial charge in [0.15, 0.2) is 5.82 Å². The normalized spacial score (nSPS) is 22.1. The maximum absolute atomic E-state index is 13.8. The summed E-state index contributed by atoms with van der Waals surface area (Å²) >= 11 is 4.82. The maximum Gasteiger partial charge on any atom is 0.487 e. The third kappa shape index (κ3) is 7.03. The molecule has 3 saturated carbocycles. The Morgan fingerprint density at radius 1 is 0.935 bits per heavy atom. The number of benzene rings is 1. The maximum atomic E-state index is 13.8. The number of alkyl halides is 8. The molecule has 3 aliphatic carbocycles. The lowest BCUT2D eigenvalue weighted by atomic mass is 9.53. The molecule has 6 rings (SSSR count). The summed E-state index contributed by atoms with van der Waals surface area (Å²) in [5, 5.41) is 3.84. The van der Waals surface area contributed by atoms with Gasteiger partial charge in [0.25, 0.3) is 5.89 Å². The molecular formula is C30H30ClF7N4O4. The number of hydrogen-bond donors (Lipinski definition) is 0. The van der Waals surface area contributed by atoms with Crippen LogP contribution in [0.3, 0.4) is 0 Å². The van der Waals surface area contributed by atoms with Gasteiger partial charge in [0.1, 0.15) is 11.6 Å². The minimum Gasteiger partial charge on any atom is -0.433 e. The zero-order valence-electron chi connectivity index (χ0n) is 24.9. The van der Waals surface area contributed by atoms with Crippen LogP contribution in [-0.2, 0) is 16.1 Å². The topological polar surface area (TPSA) is 90.6 Å². The van der Waals surface area contributed by atoms with E-state index in [0.717, 1.165) is 18.7 Å². The first-order valence-corrected chi connectivity index (χ1v) is 14.7. The summed E-state index contributed by atoms with van der Waals surface area (Å²) in [5.41, 5.74) is -6.89. The summed E-state index contributed by atoms with van der Waals surface area (Å²) in [6.07, 6.45) is -1.80. The molecule has 3 fully saturated rings. The second kappa shape index (κ2) is 11.6. The highest BCUT2D eigenvalue weighted by molar-refractivity contribution is 6.20. The van der Waals surface area contributed by atoms with Crippen molar-refractivity contribution in [2.24, 2.45) is 5.41 Å². The Kier molecular flexibility index (Phi) is 8.48. The molecule has 2 heterocycles. The van der Waals surface area contributed by atoms with Crippen LogP contribution in [0.1, 0.15) is 71.0 Å². The number of halogens is 8. The summed E-state index contributed by atoms with van der Waals surface area (Å²) in [5.74, 6) is -4.07. The minimum absolute atomic E-state index is 0.0119. The number of rotatable bonds is 9. The van der Waals surface area contributed by atoms with Crippen LogP contribution in [0.5, 0.6) is 5.75 Å². The van der Waals surface area contributed by atoms with Gasteiger partial charge >= 0.3 is 23.8 Å². The summed E-state index contributed by atoms with van der Waals surface area (Å²) < 4.78 is 109. The van der Waals surface area contributed by atoms with Gasteiger partial charge in [0.2, 0.25) is 5.60 Å². The van der Waals surface area contributed by atoms with Crippen LogP contribution in [0, 0.1) is 5.41 Å². The smallest absolute Gasteiger partial charge is 0.433 e. The molecule has 250 valence electrons. The first-order valence-electron chi connectivity index (χ1n) is 14.3. The Labute approximate surface area is 264 Å². The van der Waals surface area contributed by atoms with Crippen molar-refractivity contribution in [1.82, 2.24) is 15.1 Å². The second-order valence-electron chi connectivity index (χ2n) is 12.5. The minimum atomic E-state index is -4.86. The fraction of sp³-hybridized carbons (Fsp3) is 0.533. The predicted octanol–water partition coefficient (Wildman–Crippen LogP) is 8.99. The SMILES string of the molecule is CC(F)(F)c1nc(C23CCC(CN(C(=O)OC(C)(C)C(F)(F)F)c4cc(-c5ccc(OC(F)(F)Cl)cc5)ccn4)(CC2)CC3)no1. The Bertz CT molecular complexity index is 1540. The first-order chi connectivity index (χ1) is 21.2. The predicted molar refractivity (Wildman–Crippen MR) is 151 cm³/mol. The van der Waals surface area contributed by atoms with Crippen molar-refractivity contribution in [3.05, 3.63) is 54.3 Å². The van der Waals surface area contributed by atoms with Gasteiger partial charge in [-0.1, -0.05) is 17.3 Å². The van der Waals surface area contributed by atoms with E-state index in [1.165, 1.54) is 36.5 Å². The number of ether oxygens (including phenoxy) is 2. The van der Waals surface area contributed by atoms with Crippen LogP contribution in [0.2, 0.25) is 0 Å². The van der Waals surface area contributed by atoms with Crippen molar-refractivity contribution in [3.63, 3.8) is 0 Å². The number of nitrogens with zero attached hydrogens (tertiary/aromatic N) is 4. The lowest BCUT2D eigenvalue weighted by Gasteiger charge is -2.53. The van der Waals surface area contributed by atoms with E-state index < -0.39 is 46.1 Å². The molecule has 0 radical (unpaired) electrons. The lowest BCUT2D eigenvalue weighted by molar-refractivity contribution is -0.243. The molecule has 3 aliphatic rings. The largest absolute Gasteiger partial charge is 0.487 e. The standard InChI is InChI=1S/C30H30ClF7N4O4/c1-25(2,29(34,35)36)45-24(43)42(21-16-19(8-15-39-21)18-4-6-20(7-5-18)44-30(31,37)38)17-27-9-12-28(13-10-27,14-11-27)22-40-23(46-41-22)26(3,32)33/h4-8,15-16H,9-14,17H2,1-3H3. The van der Waals surface area contributed by atoms with Gasteiger partial charge in [-0.25, -0.2) is 9.78 Å². The summed E-state index contributed by atoms with van der Waals surface area (Å²) in [6, 6.07) is 8.49. The van der Waals surface area contributed by atoms with Crippen molar-refractivity contribution in [1.29, 1.82) is 0 Å². The summed E-state index contributed by atoms with van der Waals surface area (Å²) in [7, 11) is 0. The molecular weight excluding hydrogens is 649 g/mol. The van der Waals surface area contributed by atoms with Crippen molar-refractivity contribution >= 4 is 23.5 Å². The van der Waals surface area contributed by atoms with Crippen molar-refractivity contribution < 1.29 is 49.5 Å². The third-order valence-corrected chi connectivity index (χ3v) is 8.94. The van der Waals surface area contributed by atoms with E-state index in [4.69, 9.17) is 20.9 Å². The van der Waals surface area contributed by atoms with Gasteiger partial charge in [0, 0.05) is 36.7 Å². The summed E-state index contributed by atoms with van der Waals surface area (Å²) in [4.78, 5) is 22.8. The Morgan fingerprint density at radius 2 is 1.54 bits per heavy atom. The number of carbonyl (C=O) groups is 1. The Balaban J connectivity index is 1.42. The molecule has 2 aromatic heterocycles. The molecule has 0 spiro atoms. The number of carbonyl (C=O) groups excluding carboxylic acids is 1. The van der Waals surface area contributed by atoms with Gasteiger partial charge in [0.05, 0.1) is 0 Å². The van der Waals surface area contributed by atoms with Crippen LogP contribution < -0.4 is 9.64 Å². The molecule has 3 aromatic rings. The van der Waals surface area contributed by atoms with Gasteiger partial charge in [-0.3, -0.25) is 4.90 Å². The van der Waals surface area contributed by atoms with E-state index >= 15 is 0 Å². The number of pyridine rings is 1. The molecule has 16 heteroatoms. The zero-order chi connectivity index (χ0) is 33.8. The average molecular weight is 679 g/mol. The highest BCUT2D eigenvalue weighted by Gasteiger charge is 2.55. The molecule has 2 bridgehead atoms. The molecule has 1 amide bonds. The highest BCUT2D eigenvalue weighted by Crippen LogP contribution is 2.58. The first kappa shape index (κ1) is 33.7. The lowest BCUT2D eigenvalue weighted by Crippen LogP contribution is -2.53. The van der Waals surface area contributed by atoms with Gasteiger partial charge in [-0.15, -0.1) is 8.78 Å². The van der Waals surface area contributed by atoms with E-state index in [-0.39, 0.29) is 23.9 Å². The van der Waals surface area contributed by atoms with Crippen molar-refractivity contribution in [2.45, 2.75) is 88.0 Å². The van der Waals surface area contributed by atoms with Crippen LogP contribution in [0.4, 0.5) is 41.3 Å². The van der Waals surface area contributed by atoms with Gasteiger partial charge in [-0.05, 0) is 93.2 Å². The molecule has 0 N–H and O–H groups in total. The van der Waals surface area contributed by atoms with Crippen molar-refractivity contribution in [3.8, 4) is 16.9 Å². The van der Waals surface area contributed by atoms with Gasteiger partial charge < -0.3 is 14.0 Å².